The summed E-state index contributed by atoms with van der Waals surface area (Å²) >= 11 is 0. The lowest BCUT2D eigenvalue weighted by Gasteiger charge is -2.52. The van der Waals surface area contributed by atoms with Crippen molar-refractivity contribution in [1.29, 1.82) is 0 Å². The van der Waals surface area contributed by atoms with Crippen LogP contribution in [0.1, 0.15) is 120 Å². The van der Waals surface area contributed by atoms with Gasteiger partial charge in [-0.1, -0.05) is 118 Å². The van der Waals surface area contributed by atoms with Crippen LogP contribution in [0.2, 0.25) is 0 Å². The van der Waals surface area contributed by atoms with Crippen LogP contribution in [0.15, 0.2) is 77.4 Å². The van der Waals surface area contributed by atoms with Crippen LogP contribution in [-0.2, 0) is 10.8 Å². The highest BCUT2D eigenvalue weighted by Gasteiger charge is 2.59. The number of aryl methyl sites for hydroxylation is 1. The minimum absolute atomic E-state index is 0.0547. The zero-order chi connectivity index (χ0) is 30.0. The van der Waals surface area contributed by atoms with Crippen LogP contribution in [0.25, 0.3) is 32.7 Å². The van der Waals surface area contributed by atoms with Gasteiger partial charge in [-0.2, -0.15) is 0 Å². The van der Waals surface area contributed by atoms with Gasteiger partial charge in [0.25, 0.3) is 0 Å². The lowest BCUT2D eigenvalue weighted by molar-refractivity contribution is 0.205. The minimum Gasteiger partial charge on any atom is -0.0681 e. The monoisotopic (exact) mass is 576 g/mol. The summed E-state index contributed by atoms with van der Waals surface area (Å²) in [4.78, 5) is 0. The number of hydrogen-bond acceptors (Lipinski definition) is 0. The van der Waals surface area contributed by atoms with Crippen molar-refractivity contribution in [2.45, 2.75) is 110 Å². The highest BCUT2D eigenvalue weighted by molar-refractivity contribution is 6.13. The summed E-state index contributed by atoms with van der Waals surface area (Å²) in [5, 5.41) is 5.97. The molecule has 44 heavy (non-hydrogen) atoms. The zero-order valence-corrected chi connectivity index (χ0v) is 27.6. The first-order chi connectivity index (χ1) is 21.3. The van der Waals surface area contributed by atoms with Crippen molar-refractivity contribution in [3.8, 4) is 11.1 Å². The highest BCUT2D eigenvalue weighted by atomic mass is 14.6. The quantitative estimate of drug-likeness (QED) is 0.223. The van der Waals surface area contributed by atoms with E-state index in [2.05, 4.69) is 95.3 Å². The van der Waals surface area contributed by atoms with Gasteiger partial charge in [-0.15, -0.1) is 0 Å². The van der Waals surface area contributed by atoms with E-state index in [1.165, 1.54) is 91.5 Å². The second kappa shape index (κ2) is 9.45. The lowest BCUT2D eigenvalue weighted by Crippen LogP contribution is -2.46. The van der Waals surface area contributed by atoms with Crippen molar-refractivity contribution < 1.29 is 0 Å². The van der Waals surface area contributed by atoms with E-state index in [4.69, 9.17) is 0 Å². The molecule has 5 aliphatic carbocycles. The molecule has 4 aromatic rings. The average molecular weight is 577 g/mol. The summed E-state index contributed by atoms with van der Waals surface area (Å²) in [7, 11) is 0. The van der Waals surface area contributed by atoms with Crippen LogP contribution in [0.4, 0.5) is 0 Å². The standard InChI is InChI=1S/C44H48/c1-26-14-12-20-32-33(26)25-36-39-38-35(23-22-29-19-13-21-34(37(29)38)43(36,4)5)44(42(32)39)40(30-15-8-6-9-16-30)27(2)24-28(3)41(44)31-17-10-7-11-18-31/h12-14,19-25,30-31,40H,6-11,15-18H2,1-5H3. The van der Waals surface area contributed by atoms with E-state index in [0.29, 0.717) is 11.8 Å². The molecule has 0 amide bonds. The number of fused-ring (bicyclic) bond motifs is 4. The fourth-order valence-corrected chi connectivity index (χ4v) is 11.7. The molecular formula is C44H48. The van der Waals surface area contributed by atoms with Crippen LogP contribution in [0.5, 0.6) is 0 Å². The van der Waals surface area contributed by atoms with Gasteiger partial charge in [0.05, 0.1) is 5.41 Å². The number of hydrogen-bond donors (Lipinski definition) is 0. The van der Waals surface area contributed by atoms with Crippen LogP contribution < -0.4 is 0 Å². The maximum atomic E-state index is 2.67. The molecule has 0 heteroatoms. The Hall–Kier alpha value is -3.12. The summed E-state index contributed by atoms with van der Waals surface area (Å²) in [6.07, 6.45) is 16.5. The number of rotatable bonds is 2. The Morgan fingerprint density at radius 2 is 1.39 bits per heavy atom. The van der Waals surface area contributed by atoms with Gasteiger partial charge in [-0.3, -0.25) is 0 Å². The Labute approximate surface area is 264 Å². The number of benzene rings is 4. The molecule has 0 nitrogen and oxygen atoms in total. The predicted molar refractivity (Wildman–Crippen MR) is 188 cm³/mol. The molecule has 0 aliphatic heterocycles. The van der Waals surface area contributed by atoms with Gasteiger partial charge < -0.3 is 0 Å². The van der Waals surface area contributed by atoms with Crippen molar-refractivity contribution in [2.75, 3.05) is 0 Å². The van der Waals surface area contributed by atoms with Gasteiger partial charge >= 0.3 is 0 Å². The third-order valence-corrected chi connectivity index (χ3v) is 13.2. The Balaban J connectivity index is 1.53. The third-order valence-electron chi connectivity index (χ3n) is 13.2. The third kappa shape index (κ3) is 3.31. The van der Waals surface area contributed by atoms with Gasteiger partial charge in [0.15, 0.2) is 0 Å². The largest absolute Gasteiger partial charge is 0.0681 e. The summed E-state index contributed by atoms with van der Waals surface area (Å²) in [6.45, 7) is 12.4. The van der Waals surface area contributed by atoms with Gasteiger partial charge in [-0.05, 0) is 130 Å². The molecule has 2 atom stereocenters. The topological polar surface area (TPSA) is 0 Å². The highest BCUT2D eigenvalue weighted by Crippen LogP contribution is 2.70. The first-order valence-electron chi connectivity index (χ1n) is 17.9. The molecule has 0 bridgehead atoms. The Morgan fingerprint density at radius 3 is 2.16 bits per heavy atom. The van der Waals surface area contributed by atoms with E-state index in [0.717, 1.165) is 5.92 Å². The molecule has 224 valence electrons. The molecule has 0 radical (unpaired) electrons. The lowest BCUT2D eigenvalue weighted by atomic mass is 9.50. The first kappa shape index (κ1) is 27.2. The van der Waals surface area contributed by atoms with E-state index in [9.17, 15) is 0 Å². The van der Waals surface area contributed by atoms with Crippen molar-refractivity contribution in [3.63, 3.8) is 0 Å². The Bertz CT molecular complexity index is 1930. The van der Waals surface area contributed by atoms with Crippen molar-refractivity contribution in [2.24, 2.45) is 17.8 Å². The van der Waals surface area contributed by atoms with E-state index >= 15 is 0 Å². The van der Waals surface area contributed by atoms with E-state index < -0.39 is 0 Å². The van der Waals surface area contributed by atoms with Gasteiger partial charge in [0, 0.05) is 11.3 Å². The normalized spacial score (nSPS) is 26.2. The second-order valence-corrected chi connectivity index (χ2v) is 15.9. The number of allylic oxidation sites excluding steroid dienone is 4. The van der Waals surface area contributed by atoms with E-state index in [-0.39, 0.29) is 10.8 Å². The Morgan fingerprint density at radius 1 is 0.659 bits per heavy atom. The molecule has 2 unspecified atom stereocenters. The van der Waals surface area contributed by atoms with Crippen molar-refractivity contribution >= 4 is 21.5 Å². The van der Waals surface area contributed by atoms with E-state index in [1.807, 2.05) is 5.57 Å². The van der Waals surface area contributed by atoms with Gasteiger partial charge in [0.2, 0.25) is 0 Å². The average Bonchev–Trinajstić information content (AvgIpc) is 3.32. The molecule has 0 N–H and O–H groups in total. The molecule has 5 aliphatic rings. The smallest absolute Gasteiger partial charge is 0.0506 e. The zero-order valence-electron chi connectivity index (χ0n) is 27.6. The molecule has 2 fully saturated rings. The van der Waals surface area contributed by atoms with Crippen LogP contribution in [-0.4, -0.2) is 0 Å². The maximum absolute atomic E-state index is 2.67. The van der Waals surface area contributed by atoms with Crippen LogP contribution in [0, 0.1) is 24.7 Å². The molecule has 0 aromatic heterocycles. The molecule has 2 saturated carbocycles. The van der Waals surface area contributed by atoms with Crippen LogP contribution >= 0.6 is 0 Å². The SMILES string of the molecule is CC1=CC(C)=C(C2CCCCC2)C2(c3ccc4cccc5c4c3-c3c(cc4c(C)cccc4c32)C5(C)C)C1C1CCCCC1. The minimum atomic E-state index is -0.0959. The molecule has 1 spiro atoms. The molecular weight excluding hydrogens is 528 g/mol. The summed E-state index contributed by atoms with van der Waals surface area (Å²) in [5.41, 5.74) is 16.0. The summed E-state index contributed by atoms with van der Waals surface area (Å²) < 4.78 is 0. The first-order valence-corrected chi connectivity index (χ1v) is 17.9. The summed E-state index contributed by atoms with van der Waals surface area (Å²) in [6, 6.07) is 22.1. The molecule has 0 saturated heterocycles. The van der Waals surface area contributed by atoms with Gasteiger partial charge in [0.1, 0.15) is 0 Å². The second-order valence-electron chi connectivity index (χ2n) is 15.9. The maximum Gasteiger partial charge on any atom is 0.0506 e. The van der Waals surface area contributed by atoms with E-state index in [1.54, 1.807) is 44.3 Å². The molecule has 4 aromatic carbocycles. The van der Waals surface area contributed by atoms with Gasteiger partial charge in [-0.25, -0.2) is 0 Å². The molecule has 0 heterocycles. The predicted octanol–water partition coefficient (Wildman–Crippen LogP) is 12.3. The molecule has 9 rings (SSSR count). The fourth-order valence-electron chi connectivity index (χ4n) is 11.7. The van der Waals surface area contributed by atoms with Crippen LogP contribution in [0.3, 0.4) is 0 Å². The Kier molecular flexibility index (Phi) is 5.84. The van der Waals surface area contributed by atoms with Crippen molar-refractivity contribution in [1.82, 2.24) is 0 Å². The fraction of sp³-hybridized carbons (Fsp3) is 0.455. The van der Waals surface area contributed by atoms with Crippen molar-refractivity contribution in [3.05, 3.63) is 105 Å². The summed E-state index contributed by atoms with van der Waals surface area (Å²) in [5.74, 6) is 1.92.